The van der Waals surface area contributed by atoms with Gasteiger partial charge in [-0.1, -0.05) is 99.0 Å². The van der Waals surface area contributed by atoms with Crippen LogP contribution in [0.15, 0.2) is 91.0 Å². The molecule has 0 aliphatic heterocycles. The van der Waals surface area contributed by atoms with E-state index in [-0.39, 0.29) is 5.78 Å². The van der Waals surface area contributed by atoms with E-state index in [1.165, 1.54) is 12.8 Å². The smallest absolute Gasteiger partial charge is 0.161 e. The van der Waals surface area contributed by atoms with Gasteiger partial charge in [0.15, 0.2) is 17.3 Å². The Morgan fingerprint density at radius 3 is 2.00 bits per heavy atom. The number of hydrogen-bond donors (Lipinski definition) is 0. The Kier molecular flexibility index (Phi) is 10.3. The van der Waals surface area contributed by atoms with Crippen molar-refractivity contribution in [2.75, 3.05) is 0 Å². The van der Waals surface area contributed by atoms with Gasteiger partial charge in [0.25, 0.3) is 0 Å². The van der Waals surface area contributed by atoms with Crippen molar-refractivity contribution in [3.8, 4) is 11.5 Å². The maximum Gasteiger partial charge on any atom is 0.161 e. The molecule has 0 bridgehead atoms. The normalized spacial score (nSPS) is 10.9. The minimum absolute atomic E-state index is 0.203. The quantitative estimate of drug-likeness (QED) is 0.192. The minimum Gasteiger partial charge on any atom is -0.485 e. The first kappa shape index (κ1) is 24.3. The fourth-order valence-corrected chi connectivity index (χ4v) is 3.52. The molecule has 172 valence electrons. The number of benzene rings is 3. The highest BCUT2D eigenvalue weighted by molar-refractivity contribution is 5.89. The van der Waals surface area contributed by atoms with E-state index in [4.69, 9.17) is 9.47 Å². The van der Waals surface area contributed by atoms with Gasteiger partial charge in [-0.25, -0.2) is 0 Å². The van der Waals surface area contributed by atoms with Gasteiger partial charge >= 0.3 is 0 Å². The Hall–Kier alpha value is -3.33. The van der Waals surface area contributed by atoms with E-state index in [1.54, 1.807) is 6.08 Å². The van der Waals surface area contributed by atoms with Crippen LogP contribution in [0.5, 0.6) is 11.5 Å². The first-order chi connectivity index (χ1) is 16.2. The second-order valence-corrected chi connectivity index (χ2v) is 8.21. The lowest BCUT2D eigenvalue weighted by Crippen LogP contribution is -2.01. The number of unbranched alkanes of at least 4 members (excludes halogenated alkanes) is 3. The molecule has 0 aromatic heterocycles. The summed E-state index contributed by atoms with van der Waals surface area (Å²) in [6, 6.07) is 26.2. The average Bonchev–Trinajstić information content (AvgIpc) is 2.86. The lowest BCUT2D eigenvalue weighted by atomic mass is 10.1. The molecule has 33 heavy (non-hydrogen) atoms. The fourth-order valence-electron chi connectivity index (χ4n) is 3.52. The molecule has 0 saturated carbocycles. The van der Waals surface area contributed by atoms with Gasteiger partial charge in [0.1, 0.15) is 13.2 Å². The van der Waals surface area contributed by atoms with Crippen LogP contribution in [-0.4, -0.2) is 5.78 Å². The molecule has 0 fully saturated rings. The number of allylic oxidation sites excluding steroid dienone is 2. The number of carbonyl (C=O) groups is 1. The van der Waals surface area contributed by atoms with Crippen LogP contribution in [0.4, 0.5) is 0 Å². The maximum absolute atomic E-state index is 12.1. The molecule has 0 amide bonds. The third kappa shape index (κ3) is 8.97. The van der Waals surface area contributed by atoms with Gasteiger partial charge in [-0.3, -0.25) is 4.79 Å². The van der Waals surface area contributed by atoms with Crippen molar-refractivity contribution in [3.63, 3.8) is 0 Å². The zero-order valence-electron chi connectivity index (χ0n) is 19.5. The van der Waals surface area contributed by atoms with Gasteiger partial charge in [0, 0.05) is 6.42 Å². The molecule has 3 aromatic carbocycles. The van der Waals surface area contributed by atoms with Crippen LogP contribution in [0.25, 0.3) is 0 Å². The third-order valence-corrected chi connectivity index (χ3v) is 5.42. The highest BCUT2D eigenvalue weighted by Crippen LogP contribution is 2.30. The molecule has 0 atom stereocenters. The predicted molar refractivity (Wildman–Crippen MR) is 135 cm³/mol. The van der Waals surface area contributed by atoms with E-state index in [1.807, 2.05) is 84.9 Å². The van der Waals surface area contributed by atoms with E-state index < -0.39 is 0 Å². The molecule has 3 nitrogen and oxygen atoms in total. The van der Waals surface area contributed by atoms with Crippen molar-refractivity contribution in [1.82, 2.24) is 0 Å². The minimum atomic E-state index is 0.203. The van der Waals surface area contributed by atoms with Gasteiger partial charge in [-0.05, 0) is 47.7 Å². The first-order valence-corrected chi connectivity index (χ1v) is 11.9. The summed E-state index contributed by atoms with van der Waals surface area (Å²) in [6.45, 7) is 3.13. The first-order valence-electron chi connectivity index (χ1n) is 11.9. The van der Waals surface area contributed by atoms with Crippen molar-refractivity contribution in [1.29, 1.82) is 0 Å². The summed E-state index contributed by atoms with van der Waals surface area (Å²) in [5.74, 6) is 1.63. The monoisotopic (exact) mass is 442 g/mol. The molecular formula is C30H34O3. The molecular weight excluding hydrogens is 408 g/mol. The SMILES string of the molecule is CCCCCCC(=O)C=CCc1ccc(OCc2ccccc2)c(OCc2ccccc2)c1. The summed E-state index contributed by atoms with van der Waals surface area (Å²) in [7, 11) is 0. The van der Waals surface area contributed by atoms with Crippen LogP contribution in [0.2, 0.25) is 0 Å². The summed E-state index contributed by atoms with van der Waals surface area (Å²) in [5.41, 5.74) is 3.29. The Labute approximate surface area is 198 Å². The summed E-state index contributed by atoms with van der Waals surface area (Å²) in [4.78, 5) is 12.1. The van der Waals surface area contributed by atoms with Gasteiger partial charge in [0.2, 0.25) is 0 Å². The number of hydrogen-bond acceptors (Lipinski definition) is 3. The third-order valence-electron chi connectivity index (χ3n) is 5.42. The fraction of sp³-hybridized carbons (Fsp3) is 0.300. The van der Waals surface area contributed by atoms with Gasteiger partial charge < -0.3 is 9.47 Å². The number of rotatable bonds is 14. The lowest BCUT2D eigenvalue weighted by Gasteiger charge is -2.14. The lowest BCUT2D eigenvalue weighted by molar-refractivity contribution is -0.114. The van der Waals surface area contributed by atoms with E-state index >= 15 is 0 Å². The van der Waals surface area contributed by atoms with Gasteiger partial charge in [-0.15, -0.1) is 0 Å². The second-order valence-electron chi connectivity index (χ2n) is 8.21. The molecule has 0 spiro atoms. The molecule has 0 saturated heterocycles. The van der Waals surface area contributed by atoms with E-state index in [0.29, 0.717) is 31.8 Å². The molecule has 0 radical (unpaired) electrons. The zero-order chi connectivity index (χ0) is 23.1. The summed E-state index contributed by atoms with van der Waals surface area (Å²) < 4.78 is 12.2. The van der Waals surface area contributed by atoms with Gasteiger partial charge in [-0.2, -0.15) is 0 Å². The summed E-state index contributed by atoms with van der Waals surface area (Å²) in [6.07, 6.45) is 9.46. The van der Waals surface area contributed by atoms with Gasteiger partial charge in [0.05, 0.1) is 0 Å². The zero-order valence-corrected chi connectivity index (χ0v) is 19.5. The molecule has 3 heteroatoms. The van der Waals surface area contributed by atoms with E-state index in [9.17, 15) is 4.79 Å². The molecule has 3 rings (SSSR count). The van der Waals surface area contributed by atoms with Crippen molar-refractivity contribution in [2.45, 2.75) is 58.7 Å². The Morgan fingerprint density at radius 2 is 1.36 bits per heavy atom. The Bertz CT molecular complexity index is 994. The van der Waals surface area contributed by atoms with Crippen LogP contribution < -0.4 is 9.47 Å². The second kappa shape index (κ2) is 13.9. The van der Waals surface area contributed by atoms with Crippen LogP contribution in [0.3, 0.4) is 0 Å². The van der Waals surface area contributed by atoms with E-state index in [0.717, 1.165) is 35.3 Å². The Morgan fingerprint density at radius 1 is 0.727 bits per heavy atom. The van der Waals surface area contributed by atoms with Crippen molar-refractivity contribution >= 4 is 5.78 Å². The highest BCUT2D eigenvalue weighted by atomic mass is 16.5. The predicted octanol–water partition coefficient (Wildman–Crippen LogP) is 7.48. The Balaban J connectivity index is 1.63. The van der Waals surface area contributed by atoms with Crippen molar-refractivity contribution < 1.29 is 14.3 Å². The number of carbonyl (C=O) groups excluding carboxylic acids is 1. The van der Waals surface area contributed by atoms with Crippen molar-refractivity contribution in [3.05, 3.63) is 108 Å². The van der Waals surface area contributed by atoms with Crippen LogP contribution in [0, 0.1) is 0 Å². The maximum atomic E-state index is 12.1. The summed E-state index contributed by atoms with van der Waals surface area (Å²) >= 11 is 0. The average molecular weight is 443 g/mol. The van der Waals surface area contributed by atoms with Crippen molar-refractivity contribution in [2.24, 2.45) is 0 Å². The molecule has 0 heterocycles. The standard InChI is InChI=1S/C30H34O3/c1-2-3-4-11-18-28(31)19-12-17-25-20-21-29(32-23-26-13-7-5-8-14-26)30(22-25)33-24-27-15-9-6-10-16-27/h5-10,12-16,19-22H,2-4,11,17-18,23-24H2,1H3. The molecule has 3 aromatic rings. The van der Waals surface area contributed by atoms with Crippen LogP contribution >= 0.6 is 0 Å². The van der Waals surface area contributed by atoms with E-state index in [2.05, 4.69) is 6.92 Å². The molecule has 0 N–H and O–H groups in total. The molecule has 0 unspecified atom stereocenters. The number of ether oxygens (including phenoxy) is 2. The molecule has 0 aliphatic carbocycles. The van der Waals surface area contributed by atoms with Crippen LogP contribution in [-0.2, 0) is 24.4 Å². The molecule has 0 aliphatic rings. The topological polar surface area (TPSA) is 35.5 Å². The summed E-state index contributed by atoms with van der Waals surface area (Å²) in [5, 5.41) is 0. The van der Waals surface area contributed by atoms with Crippen LogP contribution in [0.1, 0.15) is 55.7 Å². The highest BCUT2D eigenvalue weighted by Gasteiger charge is 2.08. The number of ketones is 1. The largest absolute Gasteiger partial charge is 0.485 e.